The van der Waals surface area contributed by atoms with Gasteiger partial charge >= 0.3 is 0 Å². The lowest BCUT2D eigenvalue weighted by Gasteiger charge is -2.08. The van der Waals surface area contributed by atoms with Crippen molar-refractivity contribution in [3.63, 3.8) is 0 Å². The van der Waals surface area contributed by atoms with E-state index < -0.39 is 0 Å². The van der Waals surface area contributed by atoms with Gasteiger partial charge in [-0.1, -0.05) is 23.8 Å². The molecule has 3 rings (SSSR count). The van der Waals surface area contributed by atoms with Gasteiger partial charge in [-0.05, 0) is 43.2 Å². The molecule has 19 heavy (non-hydrogen) atoms. The number of benzene rings is 2. The van der Waals surface area contributed by atoms with Gasteiger partial charge in [0.2, 0.25) is 0 Å². The molecule has 0 bridgehead atoms. The molecular weight excluding hydrogens is 234 g/mol. The first-order valence-corrected chi connectivity index (χ1v) is 6.41. The molecular formula is C16H17N3. The molecule has 0 saturated heterocycles. The molecule has 2 aromatic carbocycles. The van der Waals surface area contributed by atoms with E-state index in [4.69, 9.17) is 5.73 Å². The summed E-state index contributed by atoms with van der Waals surface area (Å²) in [6, 6.07) is 12.4. The Morgan fingerprint density at radius 3 is 2.79 bits per heavy atom. The Kier molecular flexibility index (Phi) is 2.75. The number of anilines is 1. The van der Waals surface area contributed by atoms with E-state index in [9.17, 15) is 0 Å². The minimum Gasteiger partial charge on any atom is -0.399 e. The van der Waals surface area contributed by atoms with Crippen molar-refractivity contribution in [1.82, 2.24) is 9.78 Å². The molecule has 0 amide bonds. The molecule has 3 heteroatoms. The molecule has 0 aliphatic carbocycles. The second kappa shape index (κ2) is 4.43. The van der Waals surface area contributed by atoms with Gasteiger partial charge in [0, 0.05) is 11.1 Å². The Labute approximate surface area is 112 Å². The minimum atomic E-state index is 0.773. The highest BCUT2D eigenvalue weighted by molar-refractivity contribution is 5.81. The van der Waals surface area contributed by atoms with Crippen LogP contribution in [0.3, 0.4) is 0 Å². The Bertz CT molecular complexity index is 741. The molecule has 1 heterocycles. The predicted octanol–water partition coefficient (Wildman–Crippen LogP) is 3.28. The van der Waals surface area contributed by atoms with E-state index in [1.54, 1.807) is 0 Å². The van der Waals surface area contributed by atoms with Crippen LogP contribution in [0.2, 0.25) is 0 Å². The highest BCUT2D eigenvalue weighted by atomic mass is 15.3. The molecule has 0 aliphatic rings. The lowest BCUT2D eigenvalue weighted by molar-refractivity contribution is 0.708. The molecule has 0 radical (unpaired) electrons. The molecule has 0 saturated carbocycles. The number of hydrogen-bond donors (Lipinski definition) is 1. The monoisotopic (exact) mass is 251 g/mol. The normalized spacial score (nSPS) is 11.1. The zero-order chi connectivity index (χ0) is 13.4. The van der Waals surface area contributed by atoms with Crippen molar-refractivity contribution in [3.8, 4) is 0 Å². The Morgan fingerprint density at radius 2 is 1.95 bits per heavy atom. The number of hydrogen-bond acceptors (Lipinski definition) is 2. The molecule has 96 valence electrons. The van der Waals surface area contributed by atoms with Gasteiger partial charge in [0.05, 0.1) is 18.3 Å². The maximum Gasteiger partial charge on any atom is 0.0706 e. The van der Waals surface area contributed by atoms with Crippen molar-refractivity contribution in [2.24, 2.45) is 0 Å². The van der Waals surface area contributed by atoms with E-state index in [0.717, 1.165) is 23.1 Å². The average molecular weight is 251 g/mol. The second-order valence-electron chi connectivity index (χ2n) is 5.05. The summed E-state index contributed by atoms with van der Waals surface area (Å²) in [4.78, 5) is 0. The molecule has 0 spiro atoms. The van der Waals surface area contributed by atoms with Gasteiger partial charge in [-0.25, -0.2) is 0 Å². The molecule has 2 N–H and O–H groups in total. The molecule has 3 aromatic rings. The number of aryl methyl sites for hydroxylation is 2. The topological polar surface area (TPSA) is 43.8 Å². The quantitative estimate of drug-likeness (QED) is 0.710. The van der Waals surface area contributed by atoms with Gasteiger partial charge in [0.25, 0.3) is 0 Å². The third-order valence-corrected chi connectivity index (χ3v) is 3.49. The standard InChI is InChI=1S/C16H17N3/c1-11-3-4-12(2)14(7-11)10-19-16-8-15(17)6-5-13(16)9-18-19/h3-9H,10,17H2,1-2H3. The van der Waals surface area contributed by atoms with Gasteiger partial charge in [-0.15, -0.1) is 0 Å². The lowest BCUT2D eigenvalue weighted by Crippen LogP contribution is -2.03. The van der Waals surface area contributed by atoms with Crippen molar-refractivity contribution < 1.29 is 0 Å². The Morgan fingerprint density at radius 1 is 1.11 bits per heavy atom. The van der Waals surface area contributed by atoms with E-state index in [0.29, 0.717) is 0 Å². The van der Waals surface area contributed by atoms with Crippen molar-refractivity contribution in [3.05, 3.63) is 59.3 Å². The highest BCUT2D eigenvalue weighted by Gasteiger charge is 2.06. The first-order valence-electron chi connectivity index (χ1n) is 6.41. The summed E-state index contributed by atoms with van der Waals surface area (Å²) in [7, 11) is 0. The van der Waals surface area contributed by atoms with Crippen LogP contribution in [0.5, 0.6) is 0 Å². The number of nitrogens with two attached hydrogens (primary N) is 1. The Balaban J connectivity index is 2.05. The number of aromatic nitrogens is 2. The van der Waals surface area contributed by atoms with E-state index >= 15 is 0 Å². The van der Waals surface area contributed by atoms with E-state index in [-0.39, 0.29) is 0 Å². The maximum atomic E-state index is 5.86. The largest absolute Gasteiger partial charge is 0.399 e. The van der Waals surface area contributed by atoms with Crippen molar-refractivity contribution >= 4 is 16.6 Å². The minimum absolute atomic E-state index is 0.773. The summed E-state index contributed by atoms with van der Waals surface area (Å²) in [5.74, 6) is 0. The van der Waals surface area contributed by atoms with E-state index in [1.165, 1.54) is 16.7 Å². The summed E-state index contributed by atoms with van der Waals surface area (Å²) in [6.45, 7) is 5.03. The summed E-state index contributed by atoms with van der Waals surface area (Å²) < 4.78 is 2.01. The van der Waals surface area contributed by atoms with Crippen LogP contribution in [0.15, 0.2) is 42.6 Å². The van der Waals surface area contributed by atoms with Crippen molar-refractivity contribution in [2.75, 3.05) is 5.73 Å². The lowest BCUT2D eigenvalue weighted by atomic mass is 10.1. The zero-order valence-electron chi connectivity index (χ0n) is 11.2. The van der Waals surface area contributed by atoms with Gasteiger partial charge in [-0.3, -0.25) is 4.68 Å². The summed E-state index contributed by atoms with van der Waals surface area (Å²) >= 11 is 0. The van der Waals surface area contributed by atoms with E-state index in [1.807, 2.05) is 29.1 Å². The van der Waals surface area contributed by atoms with Crippen LogP contribution in [0.4, 0.5) is 5.69 Å². The number of nitrogen functional groups attached to an aromatic ring is 1. The smallest absolute Gasteiger partial charge is 0.0706 e. The van der Waals surface area contributed by atoms with Crippen molar-refractivity contribution in [1.29, 1.82) is 0 Å². The Hall–Kier alpha value is -2.29. The van der Waals surface area contributed by atoms with Gasteiger partial charge < -0.3 is 5.73 Å². The van der Waals surface area contributed by atoms with Crippen LogP contribution in [-0.2, 0) is 6.54 Å². The molecule has 3 nitrogen and oxygen atoms in total. The van der Waals surface area contributed by atoms with Gasteiger partial charge in [0.1, 0.15) is 0 Å². The third kappa shape index (κ3) is 2.19. The van der Waals surface area contributed by atoms with Crippen LogP contribution in [0, 0.1) is 13.8 Å². The van der Waals surface area contributed by atoms with Crippen LogP contribution < -0.4 is 5.73 Å². The average Bonchev–Trinajstić information content (AvgIpc) is 2.77. The third-order valence-electron chi connectivity index (χ3n) is 3.49. The van der Waals surface area contributed by atoms with Crippen LogP contribution in [0.1, 0.15) is 16.7 Å². The molecule has 0 atom stereocenters. The molecule has 0 unspecified atom stereocenters. The first kappa shape index (κ1) is 11.8. The first-order chi connectivity index (χ1) is 9.13. The number of rotatable bonds is 2. The maximum absolute atomic E-state index is 5.86. The molecule has 0 fully saturated rings. The van der Waals surface area contributed by atoms with E-state index in [2.05, 4.69) is 37.1 Å². The predicted molar refractivity (Wildman–Crippen MR) is 79.2 cm³/mol. The fourth-order valence-corrected chi connectivity index (χ4v) is 2.35. The van der Waals surface area contributed by atoms with Gasteiger partial charge in [0.15, 0.2) is 0 Å². The van der Waals surface area contributed by atoms with Crippen LogP contribution in [-0.4, -0.2) is 9.78 Å². The fraction of sp³-hybridized carbons (Fsp3) is 0.188. The van der Waals surface area contributed by atoms with Crippen molar-refractivity contribution in [2.45, 2.75) is 20.4 Å². The molecule has 1 aromatic heterocycles. The SMILES string of the molecule is Cc1ccc(C)c(Cn2ncc3ccc(N)cc32)c1. The second-order valence-corrected chi connectivity index (χ2v) is 5.05. The molecule has 0 aliphatic heterocycles. The van der Waals surface area contributed by atoms with Gasteiger partial charge in [-0.2, -0.15) is 5.10 Å². The van der Waals surface area contributed by atoms with Crippen LogP contribution >= 0.6 is 0 Å². The highest BCUT2D eigenvalue weighted by Crippen LogP contribution is 2.19. The zero-order valence-corrected chi connectivity index (χ0v) is 11.2. The fourth-order valence-electron chi connectivity index (χ4n) is 2.35. The number of fused-ring (bicyclic) bond motifs is 1. The summed E-state index contributed by atoms with van der Waals surface area (Å²) in [6.07, 6.45) is 1.89. The summed E-state index contributed by atoms with van der Waals surface area (Å²) in [5, 5.41) is 5.59. The summed E-state index contributed by atoms with van der Waals surface area (Å²) in [5.41, 5.74) is 11.6. The van der Waals surface area contributed by atoms with Crippen LogP contribution in [0.25, 0.3) is 10.9 Å². The number of nitrogens with zero attached hydrogens (tertiary/aromatic N) is 2.